The van der Waals surface area contributed by atoms with Crippen molar-refractivity contribution in [2.75, 3.05) is 18.1 Å². The molecule has 2 atom stereocenters. The number of carbonyl (C=O) groups excluding carboxylic acids is 1. The number of fused-ring (bicyclic) bond motifs is 1. The molecular weight excluding hydrogens is 291 g/mol. The van der Waals surface area contributed by atoms with E-state index in [2.05, 4.69) is 10.6 Å². The predicted octanol–water partition coefficient (Wildman–Crippen LogP) is 1.98. The second-order valence-electron chi connectivity index (χ2n) is 5.79. The fourth-order valence-corrected chi connectivity index (χ4v) is 4.22. The second kappa shape index (κ2) is 5.85. The first-order valence-electron chi connectivity index (χ1n) is 7.19. The van der Waals surface area contributed by atoms with Crippen molar-refractivity contribution in [3.63, 3.8) is 0 Å². The van der Waals surface area contributed by atoms with Crippen molar-refractivity contribution in [2.45, 2.75) is 30.9 Å². The number of hydrogen-bond acceptors (Lipinski definition) is 3. The first-order valence-corrected chi connectivity index (χ1v) is 8.34. The maximum absolute atomic E-state index is 13.2. The number of halogens is 1. The van der Waals surface area contributed by atoms with Crippen molar-refractivity contribution in [1.82, 2.24) is 10.6 Å². The molecule has 0 saturated carbocycles. The van der Waals surface area contributed by atoms with Gasteiger partial charge >= 0.3 is 6.03 Å². The molecule has 1 aromatic carbocycles. The molecule has 1 aliphatic carbocycles. The van der Waals surface area contributed by atoms with Crippen molar-refractivity contribution < 1.29 is 14.3 Å². The van der Waals surface area contributed by atoms with Crippen LogP contribution in [0.5, 0.6) is 0 Å². The Bertz CT molecular complexity index is 546. The molecular formula is C15H19FN2O2S. The van der Waals surface area contributed by atoms with Gasteiger partial charge in [0.15, 0.2) is 0 Å². The Labute approximate surface area is 127 Å². The van der Waals surface area contributed by atoms with Crippen molar-refractivity contribution in [3.8, 4) is 0 Å². The van der Waals surface area contributed by atoms with Gasteiger partial charge < -0.3 is 15.7 Å². The van der Waals surface area contributed by atoms with Crippen LogP contribution in [0.2, 0.25) is 0 Å². The van der Waals surface area contributed by atoms with Crippen LogP contribution in [0.4, 0.5) is 9.18 Å². The average molecular weight is 310 g/mol. The van der Waals surface area contributed by atoms with Crippen LogP contribution in [0.25, 0.3) is 0 Å². The monoisotopic (exact) mass is 310 g/mol. The predicted molar refractivity (Wildman–Crippen MR) is 80.9 cm³/mol. The van der Waals surface area contributed by atoms with Crippen LogP contribution in [0.1, 0.15) is 30.0 Å². The number of rotatable bonds is 3. The lowest BCUT2D eigenvalue weighted by molar-refractivity contribution is 0.0698. The van der Waals surface area contributed by atoms with Crippen LogP contribution in [-0.2, 0) is 6.42 Å². The summed E-state index contributed by atoms with van der Waals surface area (Å²) in [6, 6.07) is 4.35. The van der Waals surface area contributed by atoms with Crippen LogP contribution in [-0.4, -0.2) is 34.8 Å². The van der Waals surface area contributed by atoms with Crippen LogP contribution in [0, 0.1) is 5.82 Å². The molecule has 1 saturated heterocycles. The van der Waals surface area contributed by atoms with E-state index in [1.807, 2.05) is 0 Å². The first-order chi connectivity index (χ1) is 10.1. The lowest BCUT2D eigenvalue weighted by Crippen LogP contribution is -2.47. The van der Waals surface area contributed by atoms with Crippen molar-refractivity contribution in [2.24, 2.45) is 0 Å². The summed E-state index contributed by atoms with van der Waals surface area (Å²) in [4.78, 5) is 12.0. The molecule has 1 aliphatic heterocycles. The van der Waals surface area contributed by atoms with Gasteiger partial charge in [-0.3, -0.25) is 0 Å². The summed E-state index contributed by atoms with van der Waals surface area (Å²) in [6.07, 6.45) is 2.27. The third kappa shape index (κ3) is 3.32. The van der Waals surface area contributed by atoms with E-state index >= 15 is 0 Å². The first kappa shape index (κ1) is 14.7. The van der Waals surface area contributed by atoms with E-state index in [0.717, 1.165) is 29.7 Å². The van der Waals surface area contributed by atoms with Gasteiger partial charge in [-0.05, 0) is 48.3 Å². The SMILES string of the molecule is O=C(NCC1(O)CCSC1)NC1CCc2cc(F)ccc21. The number of aryl methyl sites for hydroxylation is 1. The van der Waals surface area contributed by atoms with Crippen LogP contribution in [0.3, 0.4) is 0 Å². The van der Waals surface area contributed by atoms with Gasteiger partial charge in [0.1, 0.15) is 5.82 Å². The molecule has 6 heteroatoms. The largest absolute Gasteiger partial charge is 0.387 e. The molecule has 2 amide bonds. The fourth-order valence-electron chi connectivity index (χ4n) is 2.93. The highest BCUT2D eigenvalue weighted by atomic mass is 32.2. The van der Waals surface area contributed by atoms with E-state index < -0.39 is 5.60 Å². The zero-order valence-corrected chi connectivity index (χ0v) is 12.5. The number of hydrogen-bond donors (Lipinski definition) is 3. The summed E-state index contributed by atoms with van der Waals surface area (Å²) in [5.74, 6) is 1.36. The number of thioether (sulfide) groups is 1. The number of benzene rings is 1. The van der Waals surface area contributed by atoms with E-state index in [0.29, 0.717) is 12.2 Å². The lowest BCUT2D eigenvalue weighted by atomic mass is 10.0. The minimum Gasteiger partial charge on any atom is -0.387 e. The summed E-state index contributed by atoms with van der Waals surface area (Å²) in [5.41, 5.74) is 1.17. The topological polar surface area (TPSA) is 61.4 Å². The maximum atomic E-state index is 13.2. The van der Waals surface area contributed by atoms with Crippen LogP contribution >= 0.6 is 11.8 Å². The number of aliphatic hydroxyl groups is 1. The Morgan fingerprint density at radius 3 is 3.14 bits per heavy atom. The van der Waals surface area contributed by atoms with Gasteiger partial charge in [-0.25, -0.2) is 9.18 Å². The zero-order valence-electron chi connectivity index (χ0n) is 11.7. The summed E-state index contributed by atoms with van der Waals surface area (Å²) >= 11 is 1.70. The number of nitrogens with one attached hydrogen (secondary N) is 2. The number of carbonyl (C=O) groups is 1. The molecule has 0 aromatic heterocycles. The van der Waals surface area contributed by atoms with E-state index in [1.165, 1.54) is 12.1 Å². The van der Waals surface area contributed by atoms with Gasteiger partial charge in [0, 0.05) is 12.3 Å². The smallest absolute Gasteiger partial charge is 0.315 e. The van der Waals surface area contributed by atoms with Crippen molar-refractivity contribution >= 4 is 17.8 Å². The van der Waals surface area contributed by atoms with Gasteiger partial charge in [-0.2, -0.15) is 11.8 Å². The van der Waals surface area contributed by atoms with E-state index in [9.17, 15) is 14.3 Å². The molecule has 1 fully saturated rings. The molecule has 114 valence electrons. The molecule has 4 nitrogen and oxygen atoms in total. The highest BCUT2D eigenvalue weighted by Crippen LogP contribution is 2.31. The molecule has 21 heavy (non-hydrogen) atoms. The number of amides is 2. The van der Waals surface area contributed by atoms with E-state index in [-0.39, 0.29) is 24.4 Å². The van der Waals surface area contributed by atoms with Crippen LogP contribution in [0.15, 0.2) is 18.2 Å². The maximum Gasteiger partial charge on any atom is 0.315 e. The molecule has 1 heterocycles. The average Bonchev–Trinajstić information content (AvgIpc) is 3.04. The fraction of sp³-hybridized carbons (Fsp3) is 0.533. The number of urea groups is 1. The molecule has 2 unspecified atom stereocenters. The van der Waals surface area contributed by atoms with Gasteiger partial charge in [0.2, 0.25) is 0 Å². The summed E-state index contributed by atoms with van der Waals surface area (Å²) < 4.78 is 13.2. The normalized spacial score (nSPS) is 27.4. The lowest BCUT2D eigenvalue weighted by Gasteiger charge is -2.22. The van der Waals surface area contributed by atoms with Crippen molar-refractivity contribution in [1.29, 1.82) is 0 Å². The minimum absolute atomic E-state index is 0.0757. The Balaban J connectivity index is 1.54. The Kier molecular flexibility index (Phi) is 4.08. The van der Waals surface area contributed by atoms with Crippen molar-refractivity contribution in [3.05, 3.63) is 35.1 Å². The Morgan fingerprint density at radius 2 is 2.38 bits per heavy atom. The molecule has 2 aliphatic rings. The molecule has 3 N–H and O–H groups in total. The third-order valence-corrected chi connectivity index (χ3v) is 5.38. The molecule has 0 radical (unpaired) electrons. The van der Waals surface area contributed by atoms with Gasteiger partial charge in [0.05, 0.1) is 11.6 Å². The summed E-state index contributed by atoms with van der Waals surface area (Å²) in [5, 5.41) is 15.8. The Morgan fingerprint density at radius 1 is 1.52 bits per heavy atom. The van der Waals surface area contributed by atoms with Gasteiger partial charge in [0.25, 0.3) is 0 Å². The highest BCUT2D eigenvalue weighted by molar-refractivity contribution is 7.99. The molecule has 0 bridgehead atoms. The summed E-state index contributed by atoms with van der Waals surface area (Å²) in [7, 11) is 0. The van der Waals surface area contributed by atoms with Gasteiger partial charge in [-0.1, -0.05) is 6.07 Å². The zero-order chi connectivity index (χ0) is 14.9. The molecule has 0 spiro atoms. The summed E-state index contributed by atoms with van der Waals surface area (Å²) in [6.45, 7) is 0.273. The highest BCUT2D eigenvalue weighted by Gasteiger charge is 2.32. The van der Waals surface area contributed by atoms with Gasteiger partial charge in [-0.15, -0.1) is 0 Å². The quantitative estimate of drug-likeness (QED) is 0.800. The molecule has 1 aromatic rings. The standard InChI is InChI=1S/C15H19FN2O2S/c16-11-2-3-12-10(7-11)1-4-13(12)18-14(19)17-8-15(20)5-6-21-9-15/h2-3,7,13,20H,1,4-6,8-9H2,(H2,17,18,19). The minimum atomic E-state index is -0.779. The van der Waals surface area contributed by atoms with Crippen LogP contribution < -0.4 is 10.6 Å². The van der Waals surface area contributed by atoms with E-state index in [1.54, 1.807) is 17.8 Å². The third-order valence-electron chi connectivity index (χ3n) is 4.15. The second-order valence-corrected chi connectivity index (χ2v) is 6.89. The van der Waals surface area contributed by atoms with E-state index in [4.69, 9.17) is 0 Å². The Hall–Kier alpha value is -1.27. The molecule has 3 rings (SSSR count).